The summed E-state index contributed by atoms with van der Waals surface area (Å²) < 4.78 is 0. The molecule has 1 saturated heterocycles. The average Bonchev–Trinajstić information content (AvgIpc) is 2.49. The van der Waals surface area contributed by atoms with E-state index < -0.39 is 0 Å². The number of hydrogen-bond acceptors (Lipinski definition) is 2. The summed E-state index contributed by atoms with van der Waals surface area (Å²) in [6.07, 6.45) is 5.43. The number of nitrogens with zero attached hydrogens (tertiary/aromatic N) is 2. The lowest BCUT2D eigenvalue weighted by molar-refractivity contribution is 0.252. The van der Waals surface area contributed by atoms with E-state index in [2.05, 4.69) is 56.1 Å². The van der Waals surface area contributed by atoms with Gasteiger partial charge in [0.1, 0.15) is 0 Å². The van der Waals surface area contributed by atoms with Gasteiger partial charge in [-0.25, -0.2) is 0 Å². The molecule has 1 aliphatic heterocycles. The molecule has 0 spiro atoms. The van der Waals surface area contributed by atoms with Crippen LogP contribution in [0.5, 0.6) is 0 Å². The normalized spacial score (nSPS) is 16.8. The number of halogens is 1. The van der Waals surface area contributed by atoms with Crippen LogP contribution in [0.4, 0.5) is 5.69 Å². The molecule has 0 aromatic heterocycles. The van der Waals surface area contributed by atoms with Crippen LogP contribution in [0.3, 0.4) is 0 Å². The van der Waals surface area contributed by atoms with Crippen molar-refractivity contribution in [1.82, 2.24) is 4.90 Å². The zero-order chi connectivity index (χ0) is 13.3. The predicted octanol–water partition coefficient (Wildman–Crippen LogP) is 3.76. The van der Waals surface area contributed by atoms with Crippen molar-refractivity contribution in [3.63, 3.8) is 0 Å². The third-order valence-corrected chi connectivity index (χ3v) is 4.41. The Balaban J connectivity index is 1.63. The summed E-state index contributed by atoms with van der Waals surface area (Å²) in [6.45, 7) is 6.06. The molecular weight excluding hydrogens is 300 g/mol. The van der Waals surface area contributed by atoms with Crippen LogP contribution in [0.15, 0.2) is 30.3 Å². The van der Waals surface area contributed by atoms with Crippen molar-refractivity contribution >= 4 is 21.6 Å². The Labute approximate surface area is 125 Å². The first-order chi connectivity index (χ1) is 9.40. The molecule has 19 heavy (non-hydrogen) atoms. The highest BCUT2D eigenvalue weighted by molar-refractivity contribution is 9.09. The molecule has 0 bridgehead atoms. The van der Waals surface area contributed by atoms with E-state index >= 15 is 0 Å². The van der Waals surface area contributed by atoms with Gasteiger partial charge in [0.05, 0.1) is 0 Å². The molecular formula is C16H25BrN2. The molecule has 0 atom stereocenters. The number of unbranched alkanes of at least 4 members (excludes halogenated alkanes) is 3. The molecule has 2 nitrogen and oxygen atoms in total. The lowest BCUT2D eigenvalue weighted by Crippen LogP contribution is -2.46. The molecule has 0 saturated carbocycles. The van der Waals surface area contributed by atoms with Gasteiger partial charge in [-0.15, -0.1) is 0 Å². The number of anilines is 1. The topological polar surface area (TPSA) is 6.48 Å². The quantitative estimate of drug-likeness (QED) is 0.556. The first-order valence-electron chi connectivity index (χ1n) is 7.48. The second kappa shape index (κ2) is 8.60. The zero-order valence-corrected chi connectivity index (χ0v) is 13.3. The van der Waals surface area contributed by atoms with E-state index in [-0.39, 0.29) is 0 Å². The molecule has 0 aliphatic carbocycles. The van der Waals surface area contributed by atoms with Crippen LogP contribution in [-0.4, -0.2) is 43.0 Å². The molecule has 2 rings (SSSR count). The maximum absolute atomic E-state index is 3.49. The molecule has 3 heteroatoms. The van der Waals surface area contributed by atoms with Crippen molar-refractivity contribution in [3.8, 4) is 0 Å². The summed E-state index contributed by atoms with van der Waals surface area (Å²) in [5.41, 5.74) is 1.37. The molecule has 1 aromatic rings. The van der Waals surface area contributed by atoms with E-state index in [0.29, 0.717) is 0 Å². The van der Waals surface area contributed by atoms with Gasteiger partial charge < -0.3 is 4.90 Å². The number of para-hydroxylation sites is 1. The van der Waals surface area contributed by atoms with Gasteiger partial charge in [0.15, 0.2) is 0 Å². The van der Waals surface area contributed by atoms with E-state index in [0.717, 1.165) is 5.33 Å². The van der Waals surface area contributed by atoms with Gasteiger partial charge in [-0.2, -0.15) is 0 Å². The average molecular weight is 325 g/mol. The van der Waals surface area contributed by atoms with Crippen LogP contribution in [0.1, 0.15) is 25.7 Å². The van der Waals surface area contributed by atoms with E-state index in [4.69, 9.17) is 0 Å². The molecule has 0 radical (unpaired) electrons. The van der Waals surface area contributed by atoms with Crippen LogP contribution in [0.2, 0.25) is 0 Å². The Morgan fingerprint density at radius 2 is 1.53 bits per heavy atom. The van der Waals surface area contributed by atoms with Gasteiger partial charge in [-0.3, -0.25) is 4.90 Å². The fourth-order valence-electron chi connectivity index (χ4n) is 2.65. The fraction of sp³-hybridized carbons (Fsp3) is 0.625. The molecule has 0 unspecified atom stereocenters. The summed E-state index contributed by atoms with van der Waals surface area (Å²) in [4.78, 5) is 5.12. The SMILES string of the molecule is BrCCCCCCN1CCN(c2ccccc2)CC1. The standard InChI is InChI=1S/C16H25BrN2/c17-10-6-1-2-7-11-18-12-14-19(15-13-18)16-8-4-3-5-9-16/h3-5,8-9H,1-2,6-7,10-15H2. The molecule has 0 amide bonds. The molecule has 1 aromatic carbocycles. The second-order valence-electron chi connectivity index (χ2n) is 5.27. The summed E-state index contributed by atoms with van der Waals surface area (Å²) >= 11 is 3.49. The predicted molar refractivity (Wildman–Crippen MR) is 87.4 cm³/mol. The maximum Gasteiger partial charge on any atom is 0.0367 e. The molecule has 0 N–H and O–H groups in total. The number of hydrogen-bond donors (Lipinski definition) is 0. The fourth-order valence-corrected chi connectivity index (χ4v) is 3.05. The second-order valence-corrected chi connectivity index (χ2v) is 6.06. The van der Waals surface area contributed by atoms with Crippen LogP contribution in [-0.2, 0) is 0 Å². The lowest BCUT2D eigenvalue weighted by atomic mass is 10.2. The summed E-state index contributed by atoms with van der Waals surface area (Å²) in [5, 5.41) is 1.16. The van der Waals surface area contributed by atoms with E-state index in [9.17, 15) is 0 Å². The highest BCUT2D eigenvalue weighted by atomic mass is 79.9. The van der Waals surface area contributed by atoms with Crippen LogP contribution >= 0.6 is 15.9 Å². The van der Waals surface area contributed by atoms with Gasteiger partial charge in [-0.1, -0.05) is 47.0 Å². The van der Waals surface area contributed by atoms with Crippen molar-refractivity contribution in [2.24, 2.45) is 0 Å². The number of piperazine rings is 1. The Bertz CT molecular complexity index is 334. The molecule has 1 aliphatic rings. The zero-order valence-electron chi connectivity index (χ0n) is 11.7. The van der Waals surface area contributed by atoms with E-state index in [1.807, 2.05) is 0 Å². The summed E-state index contributed by atoms with van der Waals surface area (Å²) in [5.74, 6) is 0. The largest absolute Gasteiger partial charge is 0.369 e. The van der Waals surface area contributed by atoms with Crippen molar-refractivity contribution < 1.29 is 0 Å². The third kappa shape index (κ3) is 5.15. The Morgan fingerprint density at radius 1 is 0.842 bits per heavy atom. The summed E-state index contributed by atoms with van der Waals surface area (Å²) in [6, 6.07) is 10.8. The maximum atomic E-state index is 3.49. The van der Waals surface area contributed by atoms with Crippen LogP contribution in [0, 0.1) is 0 Å². The van der Waals surface area contributed by atoms with Gasteiger partial charge in [0, 0.05) is 37.2 Å². The smallest absolute Gasteiger partial charge is 0.0367 e. The molecule has 1 heterocycles. The number of rotatable bonds is 7. The van der Waals surface area contributed by atoms with Gasteiger partial charge in [0.2, 0.25) is 0 Å². The van der Waals surface area contributed by atoms with Crippen molar-refractivity contribution in [2.45, 2.75) is 25.7 Å². The van der Waals surface area contributed by atoms with Gasteiger partial charge >= 0.3 is 0 Å². The monoisotopic (exact) mass is 324 g/mol. The number of alkyl halides is 1. The first-order valence-corrected chi connectivity index (χ1v) is 8.60. The minimum absolute atomic E-state index is 1.16. The van der Waals surface area contributed by atoms with E-state index in [1.54, 1.807) is 0 Å². The van der Waals surface area contributed by atoms with Gasteiger partial charge in [0.25, 0.3) is 0 Å². The highest BCUT2D eigenvalue weighted by Crippen LogP contribution is 2.15. The van der Waals surface area contributed by atoms with Crippen molar-refractivity contribution in [1.29, 1.82) is 0 Å². The van der Waals surface area contributed by atoms with Crippen molar-refractivity contribution in [2.75, 3.05) is 43.0 Å². The molecule has 1 fully saturated rings. The lowest BCUT2D eigenvalue weighted by Gasteiger charge is -2.36. The van der Waals surface area contributed by atoms with E-state index in [1.165, 1.54) is 64.1 Å². The Kier molecular flexibility index (Phi) is 6.72. The third-order valence-electron chi connectivity index (χ3n) is 3.85. The van der Waals surface area contributed by atoms with Crippen LogP contribution < -0.4 is 4.90 Å². The van der Waals surface area contributed by atoms with Crippen LogP contribution in [0.25, 0.3) is 0 Å². The summed E-state index contributed by atoms with van der Waals surface area (Å²) in [7, 11) is 0. The first kappa shape index (κ1) is 14.9. The van der Waals surface area contributed by atoms with Gasteiger partial charge in [-0.05, 0) is 31.5 Å². The Hall–Kier alpha value is -0.540. The van der Waals surface area contributed by atoms with Crippen molar-refractivity contribution in [3.05, 3.63) is 30.3 Å². The molecule has 106 valence electrons. The highest BCUT2D eigenvalue weighted by Gasteiger charge is 2.16. The Morgan fingerprint density at radius 3 is 2.21 bits per heavy atom. The number of benzene rings is 1. The minimum atomic E-state index is 1.16. The minimum Gasteiger partial charge on any atom is -0.369 e.